The number of hydrogen-bond acceptors (Lipinski definition) is 3. The first-order valence-electron chi connectivity index (χ1n) is 5.66. The molecule has 0 bridgehead atoms. The van der Waals surface area contributed by atoms with Crippen molar-refractivity contribution in [1.29, 1.82) is 5.26 Å². The lowest BCUT2D eigenvalue weighted by atomic mass is 10.00. The third-order valence-electron chi connectivity index (χ3n) is 3.04. The van der Waals surface area contributed by atoms with E-state index in [9.17, 15) is 0 Å². The molecule has 2 rings (SSSR count). The Bertz CT molecular complexity index is 422. The monoisotopic (exact) mass is 266 g/mol. The molecule has 4 heteroatoms. The fraction of sp³-hybridized carbons (Fsp3) is 0.462. The second kappa shape index (κ2) is 5.30. The molecule has 0 amide bonds. The normalized spacial score (nSPS) is 18.4. The van der Waals surface area contributed by atoms with Crippen LogP contribution in [0.2, 0.25) is 5.02 Å². The highest BCUT2D eigenvalue weighted by Gasteiger charge is 2.42. The zero-order valence-electron chi connectivity index (χ0n) is 9.53. The van der Waals surface area contributed by atoms with Gasteiger partial charge in [0.25, 0.3) is 0 Å². The molecule has 1 fully saturated rings. The van der Waals surface area contributed by atoms with E-state index in [4.69, 9.17) is 22.6 Å². The van der Waals surface area contributed by atoms with Gasteiger partial charge in [0.1, 0.15) is 5.54 Å². The van der Waals surface area contributed by atoms with E-state index in [1.165, 1.54) is 5.56 Å². The van der Waals surface area contributed by atoms with Crippen LogP contribution in [0.4, 0.5) is 0 Å². The van der Waals surface area contributed by atoms with E-state index < -0.39 is 5.54 Å². The Morgan fingerprint density at radius 2 is 2.06 bits per heavy atom. The van der Waals surface area contributed by atoms with Crippen LogP contribution in [0.15, 0.2) is 24.3 Å². The summed E-state index contributed by atoms with van der Waals surface area (Å²) in [7, 11) is 0. The van der Waals surface area contributed by atoms with Gasteiger partial charge in [-0.3, -0.25) is 0 Å². The van der Waals surface area contributed by atoms with E-state index in [0.29, 0.717) is 11.7 Å². The molecule has 1 aliphatic rings. The van der Waals surface area contributed by atoms with Crippen molar-refractivity contribution in [3.8, 4) is 6.07 Å². The van der Waals surface area contributed by atoms with Crippen LogP contribution in [0.25, 0.3) is 0 Å². The third kappa shape index (κ3) is 3.38. The molecule has 1 aromatic carbocycles. The molecule has 0 aliphatic heterocycles. The summed E-state index contributed by atoms with van der Waals surface area (Å²) in [6, 6.07) is 10.1. The molecule has 0 saturated heterocycles. The standard InChI is InChI=1S/C13H15ClN2S/c14-12-5-1-10(2-6-12)7-17-9-13(16,8-15)11-3-4-11/h1-2,5-6,11H,3-4,7,9,16H2. The van der Waals surface area contributed by atoms with Crippen LogP contribution in [0, 0.1) is 17.2 Å². The fourth-order valence-electron chi connectivity index (χ4n) is 1.76. The maximum Gasteiger partial charge on any atom is 0.116 e. The summed E-state index contributed by atoms with van der Waals surface area (Å²) in [5, 5.41) is 9.88. The van der Waals surface area contributed by atoms with Crippen LogP contribution in [0.5, 0.6) is 0 Å². The van der Waals surface area contributed by atoms with Gasteiger partial charge in [0.2, 0.25) is 0 Å². The van der Waals surface area contributed by atoms with Crippen LogP contribution in [0.1, 0.15) is 18.4 Å². The third-order valence-corrected chi connectivity index (χ3v) is 4.51. The second-order valence-corrected chi connectivity index (χ2v) is 5.97. The molecule has 1 unspecified atom stereocenters. The highest BCUT2D eigenvalue weighted by Crippen LogP contribution is 2.39. The Balaban J connectivity index is 1.83. The molecule has 2 N–H and O–H groups in total. The minimum Gasteiger partial charge on any atom is -0.312 e. The van der Waals surface area contributed by atoms with E-state index in [2.05, 4.69) is 6.07 Å². The Kier molecular flexibility index (Phi) is 3.98. The summed E-state index contributed by atoms with van der Waals surface area (Å²) in [4.78, 5) is 0. The topological polar surface area (TPSA) is 49.8 Å². The lowest BCUT2D eigenvalue weighted by molar-refractivity contribution is 0.532. The van der Waals surface area contributed by atoms with Crippen molar-refractivity contribution < 1.29 is 0 Å². The van der Waals surface area contributed by atoms with Gasteiger partial charge in [-0.1, -0.05) is 23.7 Å². The highest BCUT2D eigenvalue weighted by atomic mass is 35.5. The highest BCUT2D eigenvalue weighted by molar-refractivity contribution is 7.98. The summed E-state index contributed by atoms with van der Waals surface area (Å²) >= 11 is 7.54. The molecule has 2 nitrogen and oxygen atoms in total. The van der Waals surface area contributed by atoms with E-state index in [0.717, 1.165) is 23.6 Å². The van der Waals surface area contributed by atoms with E-state index in [1.54, 1.807) is 11.8 Å². The van der Waals surface area contributed by atoms with Gasteiger partial charge in [-0.25, -0.2) is 0 Å². The Labute approximate surface area is 111 Å². The first-order chi connectivity index (χ1) is 8.14. The number of halogens is 1. The van der Waals surface area contributed by atoms with Crippen molar-refractivity contribution in [1.82, 2.24) is 0 Å². The van der Waals surface area contributed by atoms with Gasteiger partial charge in [-0.2, -0.15) is 17.0 Å². The molecule has 1 aliphatic carbocycles. The van der Waals surface area contributed by atoms with Crippen LogP contribution >= 0.6 is 23.4 Å². The van der Waals surface area contributed by atoms with Crippen molar-refractivity contribution >= 4 is 23.4 Å². The van der Waals surface area contributed by atoms with Gasteiger partial charge in [0.05, 0.1) is 6.07 Å². The van der Waals surface area contributed by atoms with Crippen LogP contribution in [-0.2, 0) is 5.75 Å². The zero-order chi connectivity index (χ0) is 12.3. The second-order valence-electron chi connectivity index (χ2n) is 4.55. The Morgan fingerprint density at radius 1 is 1.41 bits per heavy atom. The summed E-state index contributed by atoms with van der Waals surface area (Å²) in [5.74, 6) is 1.99. The van der Waals surface area contributed by atoms with Gasteiger partial charge >= 0.3 is 0 Å². The van der Waals surface area contributed by atoms with Crippen LogP contribution in [0.3, 0.4) is 0 Å². The van der Waals surface area contributed by atoms with Crippen molar-refractivity contribution in [3.05, 3.63) is 34.9 Å². The van der Waals surface area contributed by atoms with E-state index in [-0.39, 0.29) is 0 Å². The minimum absolute atomic E-state index is 0.408. The SMILES string of the molecule is N#CC(N)(CSCc1ccc(Cl)cc1)C1CC1. The average Bonchev–Trinajstić information content (AvgIpc) is 3.16. The van der Waals surface area contributed by atoms with E-state index >= 15 is 0 Å². The first-order valence-corrected chi connectivity index (χ1v) is 7.19. The van der Waals surface area contributed by atoms with Crippen LogP contribution in [-0.4, -0.2) is 11.3 Å². The zero-order valence-corrected chi connectivity index (χ0v) is 11.1. The van der Waals surface area contributed by atoms with Gasteiger partial charge in [0, 0.05) is 16.5 Å². The number of thioether (sulfide) groups is 1. The molecular weight excluding hydrogens is 252 g/mol. The van der Waals surface area contributed by atoms with Crippen molar-refractivity contribution in [3.63, 3.8) is 0 Å². The van der Waals surface area contributed by atoms with Gasteiger partial charge in [-0.05, 0) is 36.5 Å². The maximum absolute atomic E-state index is 9.12. The smallest absolute Gasteiger partial charge is 0.116 e. The van der Waals surface area contributed by atoms with Gasteiger partial charge in [0.15, 0.2) is 0 Å². The molecule has 1 aromatic rings. The van der Waals surface area contributed by atoms with Gasteiger partial charge in [-0.15, -0.1) is 0 Å². The minimum atomic E-state index is -0.628. The first kappa shape index (κ1) is 12.8. The maximum atomic E-state index is 9.12. The van der Waals surface area contributed by atoms with Crippen molar-refractivity contribution in [2.75, 3.05) is 5.75 Å². The van der Waals surface area contributed by atoms with Gasteiger partial charge < -0.3 is 5.73 Å². The predicted molar refractivity (Wildman–Crippen MR) is 72.9 cm³/mol. The fourth-order valence-corrected chi connectivity index (χ4v) is 3.05. The Hall–Kier alpha value is -0.690. The molecule has 0 radical (unpaired) electrons. The largest absolute Gasteiger partial charge is 0.312 e. The number of nitriles is 1. The molecule has 90 valence electrons. The molecular formula is C13H15ClN2S. The van der Waals surface area contributed by atoms with E-state index in [1.807, 2.05) is 24.3 Å². The average molecular weight is 267 g/mol. The predicted octanol–water partition coefficient (Wildman–Crippen LogP) is 3.20. The molecule has 0 aromatic heterocycles. The Morgan fingerprint density at radius 3 is 2.59 bits per heavy atom. The number of nitrogens with zero attached hydrogens (tertiary/aromatic N) is 1. The number of benzene rings is 1. The van der Waals surface area contributed by atoms with Crippen molar-refractivity contribution in [2.45, 2.75) is 24.1 Å². The molecule has 0 spiro atoms. The summed E-state index contributed by atoms with van der Waals surface area (Å²) < 4.78 is 0. The summed E-state index contributed by atoms with van der Waals surface area (Å²) in [5.41, 5.74) is 6.68. The molecule has 17 heavy (non-hydrogen) atoms. The summed E-state index contributed by atoms with van der Waals surface area (Å²) in [6.07, 6.45) is 2.21. The number of nitrogens with two attached hydrogens (primary N) is 1. The number of rotatable bonds is 5. The molecule has 1 saturated carbocycles. The lowest BCUT2D eigenvalue weighted by Crippen LogP contribution is -2.43. The lowest BCUT2D eigenvalue weighted by Gasteiger charge is -2.20. The summed E-state index contributed by atoms with van der Waals surface area (Å²) in [6.45, 7) is 0. The molecule has 1 atom stereocenters. The van der Waals surface area contributed by atoms with Crippen LogP contribution < -0.4 is 5.73 Å². The number of hydrogen-bond donors (Lipinski definition) is 1. The van der Waals surface area contributed by atoms with Crippen molar-refractivity contribution in [2.24, 2.45) is 11.7 Å². The quantitative estimate of drug-likeness (QED) is 0.890. The molecule has 0 heterocycles.